The highest BCUT2D eigenvalue weighted by atomic mass is 35.5. The van der Waals surface area contributed by atoms with Crippen LogP contribution in [0.3, 0.4) is 0 Å². The van der Waals surface area contributed by atoms with Gasteiger partial charge in [-0.3, -0.25) is 14.9 Å². The topological polar surface area (TPSA) is 79.9 Å². The number of H-pyrrole nitrogens is 1. The number of rotatable bonds is 5. The number of benzene rings is 1. The average molecular weight is 457 g/mol. The molecule has 0 bridgehead atoms. The lowest BCUT2D eigenvalue weighted by Crippen LogP contribution is -2.32. The quantitative estimate of drug-likeness (QED) is 0.499. The van der Waals surface area contributed by atoms with E-state index in [0.717, 1.165) is 24.6 Å². The Morgan fingerprint density at radius 3 is 2.52 bits per heavy atom. The summed E-state index contributed by atoms with van der Waals surface area (Å²) in [5.74, 6) is -2.24. The molecule has 0 saturated carbocycles. The van der Waals surface area contributed by atoms with E-state index in [9.17, 15) is 22.4 Å². The molecular weight excluding hydrogens is 440 g/mol. The summed E-state index contributed by atoms with van der Waals surface area (Å²) in [6, 6.07) is 5.01. The van der Waals surface area contributed by atoms with Gasteiger partial charge >= 0.3 is 6.18 Å². The Morgan fingerprint density at radius 2 is 1.97 bits per heavy atom. The second-order valence-corrected chi connectivity index (χ2v) is 7.18. The fourth-order valence-corrected chi connectivity index (χ4v) is 2.87. The summed E-state index contributed by atoms with van der Waals surface area (Å²) < 4.78 is 59.1. The maximum absolute atomic E-state index is 14.8. The number of anilines is 1. The Kier molecular flexibility index (Phi) is 6.21. The van der Waals surface area contributed by atoms with Gasteiger partial charge in [0, 0.05) is 11.8 Å². The van der Waals surface area contributed by atoms with Crippen LogP contribution in [0.4, 0.5) is 23.2 Å². The predicted molar refractivity (Wildman–Crippen MR) is 107 cm³/mol. The van der Waals surface area contributed by atoms with E-state index in [1.165, 1.54) is 12.3 Å². The molecular formula is C20H17ClF4N4O2. The Morgan fingerprint density at radius 1 is 1.26 bits per heavy atom. The Labute approximate surface area is 179 Å². The monoisotopic (exact) mass is 456 g/mol. The summed E-state index contributed by atoms with van der Waals surface area (Å²) in [6.07, 6.45) is -5.46. The third-order valence-electron chi connectivity index (χ3n) is 4.41. The van der Waals surface area contributed by atoms with Gasteiger partial charge in [0.05, 0.1) is 17.0 Å². The number of carbonyl (C=O) groups is 1. The van der Waals surface area contributed by atoms with Crippen LogP contribution < -0.4 is 10.1 Å². The van der Waals surface area contributed by atoms with Crippen LogP contribution in [0.15, 0.2) is 30.5 Å². The van der Waals surface area contributed by atoms with Crippen LogP contribution in [-0.4, -0.2) is 33.4 Å². The number of nitrogens with one attached hydrogen (secondary N) is 2. The standard InChI is InChI=1S/C20H17ClF4N4O2/c1-9-4-5-15(26-8-9)12-7-16(31-11(3)20(23,24)25)13(6-14(12)22)19(30)27-17-10(2)28-29-18(17)21/h4-8,11H,1-3H3,(H,27,30)(H,28,29)/t11-/m0/s1. The number of hydrogen-bond acceptors (Lipinski definition) is 4. The minimum atomic E-state index is -4.70. The number of aryl methyl sites for hydroxylation is 2. The molecule has 2 aromatic heterocycles. The van der Waals surface area contributed by atoms with E-state index in [4.69, 9.17) is 16.3 Å². The van der Waals surface area contributed by atoms with Crippen molar-refractivity contribution in [2.45, 2.75) is 33.1 Å². The van der Waals surface area contributed by atoms with Crippen molar-refractivity contribution in [3.8, 4) is 17.0 Å². The third-order valence-corrected chi connectivity index (χ3v) is 4.68. The van der Waals surface area contributed by atoms with E-state index >= 15 is 0 Å². The summed E-state index contributed by atoms with van der Waals surface area (Å²) in [4.78, 5) is 16.8. The van der Waals surface area contributed by atoms with Crippen LogP contribution in [-0.2, 0) is 0 Å². The molecule has 0 radical (unpaired) electrons. The molecule has 3 aromatic rings. The van der Waals surface area contributed by atoms with Crippen molar-refractivity contribution in [1.82, 2.24) is 15.2 Å². The van der Waals surface area contributed by atoms with Gasteiger partial charge in [-0.05, 0) is 44.5 Å². The Bertz CT molecular complexity index is 1090. The number of hydrogen-bond donors (Lipinski definition) is 2. The van der Waals surface area contributed by atoms with E-state index in [0.29, 0.717) is 5.69 Å². The molecule has 0 saturated heterocycles. The van der Waals surface area contributed by atoms with Gasteiger partial charge in [-0.15, -0.1) is 0 Å². The molecule has 0 aliphatic heterocycles. The van der Waals surface area contributed by atoms with E-state index in [1.807, 2.05) is 0 Å². The number of pyridine rings is 1. The zero-order valence-corrected chi connectivity index (χ0v) is 17.3. The van der Waals surface area contributed by atoms with Crippen molar-refractivity contribution in [1.29, 1.82) is 0 Å². The highest BCUT2D eigenvalue weighted by molar-refractivity contribution is 6.33. The summed E-state index contributed by atoms with van der Waals surface area (Å²) in [5, 5.41) is 8.61. The molecule has 31 heavy (non-hydrogen) atoms. The number of aromatic amines is 1. The molecule has 2 heterocycles. The van der Waals surface area contributed by atoms with Gasteiger partial charge in [0.25, 0.3) is 5.91 Å². The first-order chi connectivity index (χ1) is 14.5. The number of halogens is 5. The van der Waals surface area contributed by atoms with Gasteiger partial charge in [-0.2, -0.15) is 18.3 Å². The van der Waals surface area contributed by atoms with Gasteiger partial charge in [0.1, 0.15) is 17.3 Å². The highest BCUT2D eigenvalue weighted by Gasteiger charge is 2.39. The molecule has 0 unspecified atom stereocenters. The SMILES string of the molecule is Cc1ccc(-c2cc(O[C@@H](C)C(F)(F)F)c(C(=O)Nc3c(Cl)n[nH]c3C)cc2F)nc1. The molecule has 164 valence electrons. The fraction of sp³-hybridized carbons (Fsp3) is 0.250. The van der Waals surface area contributed by atoms with Crippen molar-refractivity contribution in [3.05, 3.63) is 58.3 Å². The summed E-state index contributed by atoms with van der Waals surface area (Å²) in [6.45, 7) is 4.14. The van der Waals surface area contributed by atoms with Gasteiger partial charge in [0.2, 0.25) is 0 Å². The Balaban J connectivity index is 2.07. The van der Waals surface area contributed by atoms with Crippen LogP contribution >= 0.6 is 11.6 Å². The molecule has 0 fully saturated rings. The third kappa shape index (κ3) is 4.96. The number of nitrogens with zero attached hydrogens (tertiary/aromatic N) is 2. The summed E-state index contributed by atoms with van der Waals surface area (Å²) in [5.41, 5.74) is 0.958. The van der Waals surface area contributed by atoms with Crippen LogP contribution in [0, 0.1) is 19.7 Å². The fourth-order valence-electron chi connectivity index (χ4n) is 2.63. The number of alkyl halides is 3. The second kappa shape index (κ2) is 8.54. The molecule has 0 aliphatic carbocycles. The van der Waals surface area contributed by atoms with Gasteiger partial charge in [-0.25, -0.2) is 4.39 Å². The number of aromatic nitrogens is 3. The molecule has 6 nitrogen and oxygen atoms in total. The van der Waals surface area contributed by atoms with E-state index in [1.54, 1.807) is 19.9 Å². The first-order valence-corrected chi connectivity index (χ1v) is 9.37. The minimum absolute atomic E-state index is 0.0575. The highest BCUT2D eigenvalue weighted by Crippen LogP contribution is 2.34. The van der Waals surface area contributed by atoms with Crippen molar-refractivity contribution >= 4 is 23.2 Å². The molecule has 0 spiro atoms. The average Bonchev–Trinajstić information content (AvgIpc) is 3.01. The van der Waals surface area contributed by atoms with Crippen LogP contribution in [0.25, 0.3) is 11.3 Å². The van der Waals surface area contributed by atoms with Crippen molar-refractivity contribution in [3.63, 3.8) is 0 Å². The van der Waals surface area contributed by atoms with Crippen LogP contribution in [0.2, 0.25) is 5.15 Å². The normalized spacial score (nSPS) is 12.5. The lowest BCUT2D eigenvalue weighted by atomic mass is 10.0. The van der Waals surface area contributed by atoms with Crippen molar-refractivity contribution in [2.75, 3.05) is 5.32 Å². The number of carbonyl (C=O) groups excluding carboxylic acids is 1. The molecule has 1 amide bonds. The molecule has 0 aliphatic rings. The summed E-state index contributed by atoms with van der Waals surface area (Å²) >= 11 is 5.89. The number of amides is 1. The molecule has 1 aromatic carbocycles. The molecule has 3 rings (SSSR count). The lowest BCUT2D eigenvalue weighted by Gasteiger charge is -2.20. The zero-order chi connectivity index (χ0) is 22.9. The van der Waals surface area contributed by atoms with Crippen LogP contribution in [0.1, 0.15) is 28.5 Å². The maximum Gasteiger partial charge on any atom is 0.425 e. The maximum atomic E-state index is 14.8. The van der Waals surface area contributed by atoms with Gasteiger partial charge in [-0.1, -0.05) is 17.7 Å². The first-order valence-electron chi connectivity index (χ1n) is 8.99. The Hall–Kier alpha value is -3.14. The minimum Gasteiger partial charge on any atom is -0.480 e. The van der Waals surface area contributed by atoms with E-state index < -0.39 is 35.3 Å². The first kappa shape index (κ1) is 22.5. The lowest BCUT2D eigenvalue weighted by molar-refractivity contribution is -0.189. The van der Waals surface area contributed by atoms with Crippen molar-refractivity contribution in [2.24, 2.45) is 0 Å². The van der Waals surface area contributed by atoms with E-state index in [2.05, 4.69) is 20.5 Å². The van der Waals surface area contributed by atoms with Gasteiger partial charge < -0.3 is 10.1 Å². The van der Waals surface area contributed by atoms with Gasteiger partial charge in [0.15, 0.2) is 11.3 Å². The predicted octanol–water partition coefficient (Wildman–Crippen LogP) is 5.46. The smallest absolute Gasteiger partial charge is 0.425 e. The molecule has 1 atom stereocenters. The van der Waals surface area contributed by atoms with E-state index in [-0.39, 0.29) is 22.1 Å². The molecule has 11 heteroatoms. The largest absolute Gasteiger partial charge is 0.480 e. The second-order valence-electron chi connectivity index (χ2n) is 6.82. The van der Waals surface area contributed by atoms with Crippen molar-refractivity contribution < 1.29 is 27.1 Å². The number of ether oxygens (including phenoxy) is 1. The molecule has 2 N–H and O–H groups in total. The summed E-state index contributed by atoms with van der Waals surface area (Å²) in [7, 11) is 0. The zero-order valence-electron chi connectivity index (χ0n) is 16.6. The van der Waals surface area contributed by atoms with Crippen LogP contribution in [0.5, 0.6) is 5.75 Å².